The lowest BCUT2D eigenvalue weighted by molar-refractivity contribution is -0.118. The Morgan fingerprint density at radius 2 is 2.12 bits per heavy atom. The highest BCUT2D eigenvalue weighted by molar-refractivity contribution is 8.00. The Hall–Kier alpha value is -1.26. The van der Waals surface area contributed by atoms with E-state index in [1.807, 2.05) is 24.3 Å². The molecular formula is C12H16N2OS. The maximum atomic E-state index is 11.3. The van der Waals surface area contributed by atoms with Crippen LogP contribution in [-0.2, 0) is 11.3 Å². The third-order valence-corrected chi connectivity index (χ3v) is 2.98. The molecule has 0 aliphatic rings. The van der Waals surface area contributed by atoms with Crippen molar-refractivity contribution in [2.75, 3.05) is 12.3 Å². The standard InChI is InChI=1S/C12H16N2OS/c1-2-7-14-12(15)9-16-11-5-3-10(8-13)4-6-11/h2-6H,1,7-9,13H2,(H,14,15). The number of carbonyl (C=O) groups excluding carboxylic acids is 1. The van der Waals surface area contributed by atoms with Crippen LogP contribution in [0.5, 0.6) is 0 Å². The molecule has 0 aromatic heterocycles. The summed E-state index contributed by atoms with van der Waals surface area (Å²) in [6.07, 6.45) is 1.67. The van der Waals surface area contributed by atoms with Crippen LogP contribution in [0.3, 0.4) is 0 Å². The second-order valence-electron chi connectivity index (χ2n) is 3.23. The van der Waals surface area contributed by atoms with E-state index < -0.39 is 0 Å². The first-order valence-electron chi connectivity index (χ1n) is 5.05. The van der Waals surface area contributed by atoms with Gasteiger partial charge in [0.1, 0.15) is 0 Å². The molecule has 1 aromatic rings. The van der Waals surface area contributed by atoms with Crippen LogP contribution in [-0.4, -0.2) is 18.2 Å². The van der Waals surface area contributed by atoms with E-state index in [1.54, 1.807) is 6.08 Å². The van der Waals surface area contributed by atoms with Gasteiger partial charge in [-0.25, -0.2) is 0 Å². The first kappa shape index (κ1) is 12.8. The van der Waals surface area contributed by atoms with Gasteiger partial charge in [0, 0.05) is 18.0 Å². The van der Waals surface area contributed by atoms with E-state index in [9.17, 15) is 4.79 Å². The van der Waals surface area contributed by atoms with E-state index in [0.29, 0.717) is 18.8 Å². The van der Waals surface area contributed by atoms with Crippen molar-refractivity contribution in [3.05, 3.63) is 42.5 Å². The van der Waals surface area contributed by atoms with Gasteiger partial charge in [0.25, 0.3) is 0 Å². The molecule has 0 fully saturated rings. The lowest BCUT2D eigenvalue weighted by atomic mass is 10.2. The van der Waals surface area contributed by atoms with Crippen molar-refractivity contribution in [3.8, 4) is 0 Å². The Morgan fingerprint density at radius 1 is 1.44 bits per heavy atom. The van der Waals surface area contributed by atoms with Crippen molar-refractivity contribution < 1.29 is 4.79 Å². The van der Waals surface area contributed by atoms with Gasteiger partial charge in [0.2, 0.25) is 5.91 Å². The van der Waals surface area contributed by atoms with E-state index in [1.165, 1.54) is 11.8 Å². The number of amides is 1. The minimum absolute atomic E-state index is 0.0211. The minimum atomic E-state index is 0.0211. The van der Waals surface area contributed by atoms with Crippen LogP contribution in [0.15, 0.2) is 41.8 Å². The van der Waals surface area contributed by atoms with Crippen molar-refractivity contribution in [3.63, 3.8) is 0 Å². The molecule has 3 N–H and O–H groups in total. The summed E-state index contributed by atoms with van der Waals surface area (Å²) in [6.45, 7) is 4.60. The van der Waals surface area contributed by atoms with Crippen molar-refractivity contribution in [2.24, 2.45) is 5.73 Å². The Kier molecular flexibility index (Phi) is 5.67. The van der Waals surface area contributed by atoms with Crippen LogP contribution < -0.4 is 11.1 Å². The first-order chi connectivity index (χ1) is 7.76. The number of carbonyl (C=O) groups is 1. The summed E-state index contributed by atoms with van der Waals surface area (Å²) in [6, 6.07) is 7.91. The predicted molar refractivity (Wildman–Crippen MR) is 68.3 cm³/mol. The van der Waals surface area contributed by atoms with Gasteiger partial charge in [-0.15, -0.1) is 18.3 Å². The smallest absolute Gasteiger partial charge is 0.230 e. The maximum absolute atomic E-state index is 11.3. The Labute approximate surface area is 100 Å². The van der Waals surface area contributed by atoms with Crippen LogP contribution in [0.25, 0.3) is 0 Å². The molecule has 0 heterocycles. The molecule has 0 bridgehead atoms. The normalized spacial score (nSPS) is 9.81. The van der Waals surface area contributed by atoms with Crippen LogP contribution in [0.2, 0.25) is 0 Å². The van der Waals surface area contributed by atoms with Gasteiger partial charge >= 0.3 is 0 Å². The summed E-state index contributed by atoms with van der Waals surface area (Å²) in [4.78, 5) is 12.4. The fourth-order valence-electron chi connectivity index (χ4n) is 1.11. The SMILES string of the molecule is C=CCNC(=O)CSc1ccc(CN)cc1. The first-order valence-corrected chi connectivity index (χ1v) is 6.04. The van der Waals surface area contributed by atoms with Gasteiger partial charge in [-0.1, -0.05) is 18.2 Å². The summed E-state index contributed by atoms with van der Waals surface area (Å²) in [7, 11) is 0. The third kappa shape index (κ3) is 4.51. The zero-order valence-electron chi connectivity index (χ0n) is 9.11. The van der Waals surface area contributed by atoms with Gasteiger partial charge in [-0.2, -0.15) is 0 Å². The molecule has 3 nitrogen and oxygen atoms in total. The predicted octanol–water partition coefficient (Wildman–Crippen LogP) is 1.54. The highest BCUT2D eigenvalue weighted by Crippen LogP contribution is 2.17. The van der Waals surface area contributed by atoms with Crippen LogP contribution in [0.4, 0.5) is 0 Å². The monoisotopic (exact) mass is 236 g/mol. The summed E-state index contributed by atoms with van der Waals surface area (Å²) in [5.74, 6) is 0.448. The Bertz CT molecular complexity index is 349. The van der Waals surface area contributed by atoms with Crippen LogP contribution >= 0.6 is 11.8 Å². The molecule has 0 aliphatic heterocycles. The molecule has 16 heavy (non-hydrogen) atoms. The second-order valence-corrected chi connectivity index (χ2v) is 4.28. The summed E-state index contributed by atoms with van der Waals surface area (Å²) in [5, 5.41) is 2.73. The minimum Gasteiger partial charge on any atom is -0.352 e. The van der Waals surface area contributed by atoms with E-state index in [-0.39, 0.29) is 5.91 Å². The number of hydrogen-bond donors (Lipinski definition) is 2. The topological polar surface area (TPSA) is 55.1 Å². The number of rotatable bonds is 6. The maximum Gasteiger partial charge on any atom is 0.230 e. The molecule has 1 rings (SSSR count). The second kappa shape index (κ2) is 7.09. The molecule has 1 aromatic carbocycles. The van der Waals surface area contributed by atoms with E-state index in [2.05, 4.69) is 11.9 Å². The molecule has 0 atom stereocenters. The Morgan fingerprint density at radius 3 is 2.69 bits per heavy atom. The van der Waals surface area contributed by atoms with E-state index in [0.717, 1.165) is 10.5 Å². The van der Waals surface area contributed by atoms with Gasteiger partial charge in [0.05, 0.1) is 5.75 Å². The zero-order valence-corrected chi connectivity index (χ0v) is 9.93. The highest BCUT2D eigenvalue weighted by atomic mass is 32.2. The molecule has 0 saturated heterocycles. The highest BCUT2D eigenvalue weighted by Gasteiger charge is 2.01. The molecule has 4 heteroatoms. The van der Waals surface area contributed by atoms with Gasteiger partial charge < -0.3 is 11.1 Å². The molecule has 1 amide bonds. The van der Waals surface area contributed by atoms with Gasteiger partial charge in [0.15, 0.2) is 0 Å². The van der Waals surface area contributed by atoms with Crippen LogP contribution in [0, 0.1) is 0 Å². The van der Waals surface area contributed by atoms with Gasteiger partial charge in [-0.3, -0.25) is 4.79 Å². The number of thioether (sulfide) groups is 1. The van der Waals surface area contributed by atoms with E-state index >= 15 is 0 Å². The number of nitrogens with one attached hydrogen (secondary N) is 1. The van der Waals surface area contributed by atoms with Crippen molar-refractivity contribution in [2.45, 2.75) is 11.4 Å². The average Bonchev–Trinajstić information content (AvgIpc) is 2.34. The lowest BCUT2D eigenvalue weighted by Crippen LogP contribution is -2.24. The molecule has 0 radical (unpaired) electrons. The molecule has 86 valence electrons. The number of hydrogen-bond acceptors (Lipinski definition) is 3. The summed E-state index contributed by atoms with van der Waals surface area (Å²) < 4.78 is 0. The van der Waals surface area contributed by atoms with Crippen LogP contribution in [0.1, 0.15) is 5.56 Å². The quantitative estimate of drug-likeness (QED) is 0.582. The van der Waals surface area contributed by atoms with E-state index in [4.69, 9.17) is 5.73 Å². The summed E-state index contributed by atoms with van der Waals surface area (Å²) in [5.41, 5.74) is 6.59. The van der Waals surface area contributed by atoms with Crippen molar-refractivity contribution in [1.29, 1.82) is 0 Å². The average molecular weight is 236 g/mol. The fraction of sp³-hybridized carbons (Fsp3) is 0.250. The molecule has 0 unspecified atom stereocenters. The molecule has 0 spiro atoms. The molecule has 0 saturated carbocycles. The van der Waals surface area contributed by atoms with Crippen molar-refractivity contribution >= 4 is 17.7 Å². The Balaban J connectivity index is 2.36. The summed E-state index contributed by atoms with van der Waals surface area (Å²) >= 11 is 1.51. The number of nitrogens with two attached hydrogens (primary N) is 1. The fourth-order valence-corrected chi connectivity index (χ4v) is 1.84. The third-order valence-electron chi connectivity index (χ3n) is 1.97. The zero-order chi connectivity index (χ0) is 11.8. The molecule has 0 aliphatic carbocycles. The van der Waals surface area contributed by atoms with Crippen molar-refractivity contribution in [1.82, 2.24) is 5.32 Å². The van der Waals surface area contributed by atoms with Gasteiger partial charge in [-0.05, 0) is 17.7 Å². The largest absolute Gasteiger partial charge is 0.352 e. The molecular weight excluding hydrogens is 220 g/mol. The number of benzene rings is 1. The lowest BCUT2D eigenvalue weighted by Gasteiger charge is -2.03.